The number of likely N-dealkylation sites (tertiary alicyclic amines) is 1. The minimum absolute atomic E-state index is 0.0880. The molecule has 1 atom stereocenters. The fourth-order valence-electron chi connectivity index (χ4n) is 5.79. The van der Waals surface area contributed by atoms with Crippen molar-refractivity contribution in [1.82, 2.24) is 29.8 Å². The van der Waals surface area contributed by atoms with Gasteiger partial charge in [0.15, 0.2) is 15.7 Å². The Kier molecular flexibility index (Phi) is 10.6. The summed E-state index contributed by atoms with van der Waals surface area (Å²) in [6.07, 6.45) is 4.76. The zero-order valence-electron chi connectivity index (χ0n) is 29.6. The molecule has 1 saturated heterocycles. The molecule has 13 nitrogen and oxygen atoms in total. The number of aromatic nitrogens is 5. The van der Waals surface area contributed by atoms with Crippen LogP contribution in [-0.4, -0.2) is 84.2 Å². The summed E-state index contributed by atoms with van der Waals surface area (Å²) in [5.74, 6) is 4.05. The molecule has 6 rings (SSSR count). The van der Waals surface area contributed by atoms with Gasteiger partial charge in [-0.05, 0) is 66.9 Å². The molecule has 0 spiro atoms. The van der Waals surface area contributed by atoms with Gasteiger partial charge in [0.05, 0.1) is 44.0 Å². The Balaban J connectivity index is 1.39. The number of rotatable bonds is 14. The van der Waals surface area contributed by atoms with Crippen molar-refractivity contribution >= 4 is 27.3 Å². The molecule has 1 fully saturated rings. The van der Waals surface area contributed by atoms with E-state index in [0.29, 0.717) is 66.7 Å². The molecule has 0 amide bonds. The minimum Gasteiger partial charge on any atom is -0.497 e. The number of hydrogen-bond donors (Lipinski definition) is 1. The molecule has 0 aliphatic carbocycles. The summed E-state index contributed by atoms with van der Waals surface area (Å²) in [4.78, 5) is 28.1. The Bertz CT molecular complexity index is 2010. The van der Waals surface area contributed by atoms with Crippen molar-refractivity contribution in [2.75, 3.05) is 50.9 Å². The molecule has 1 aliphatic heterocycles. The van der Waals surface area contributed by atoms with Gasteiger partial charge < -0.3 is 24.4 Å². The molecule has 14 heteroatoms. The van der Waals surface area contributed by atoms with Gasteiger partial charge >= 0.3 is 0 Å². The van der Waals surface area contributed by atoms with E-state index in [0.717, 1.165) is 28.2 Å². The Labute approximate surface area is 298 Å². The Morgan fingerprint density at radius 3 is 2.00 bits per heavy atom. The highest BCUT2D eigenvalue weighted by atomic mass is 32.2. The second kappa shape index (κ2) is 15.3. The summed E-state index contributed by atoms with van der Waals surface area (Å²) < 4.78 is 40.3. The largest absolute Gasteiger partial charge is 0.497 e. The lowest BCUT2D eigenvalue weighted by Gasteiger charge is -2.42. The molecular weight excluding hydrogens is 669 g/mol. The van der Waals surface area contributed by atoms with Crippen LogP contribution in [0.1, 0.15) is 35.5 Å². The first-order valence-electron chi connectivity index (χ1n) is 16.5. The van der Waals surface area contributed by atoms with Gasteiger partial charge in [0.1, 0.15) is 23.1 Å². The molecule has 266 valence electrons. The predicted molar refractivity (Wildman–Crippen MR) is 196 cm³/mol. The van der Waals surface area contributed by atoms with E-state index in [1.165, 1.54) is 6.26 Å². The van der Waals surface area contributed by atoms with Crippen molar-refractivity contribution in [2.24, 2.45) is 0 Å². The molecule has 1 aliphatic rings. The van der Waals surface area contributed by atoms with Gasteiger partial charge in [-0.25, -0.2) is 23.4 Å². The third-order valence-corrected chi connectivity index (χ3v) is 10.5. The quantitative estimate of drug-likeness (QED) is 0.157. The monoisotopic (exact) mass is 710 g/mol. The van der Waals surface area contributed by atoms with Crippen LogP contribution < -0.4 is 24.4 Å². The SMILES string of the molecule is COc1ccc(CN(Cc2ccc(OC)cc2)c2nc(C)nc(-c3cc(C(C)N4CC(S(C)(=O)=O)C4)cnc3Nc3ccc(OC)nc3)n2)cc1. The molecule has 0 saturated carbocycles. The average Bonchev–Trinajstić information content (AvgIpc) is 3.11. The fraction of sp³-hybridized carbons (Fsp3) is 0.324. The van der Waals surface area contributed by atoms with Crippen LogP contribution in [0.25, 0.3) is 11.4 Å². The summed E-state index contributed by atoms with van der Waals surface area (Å²) in [5.41, 5.74) is 4.38. The van der Waals surface area contributed by atoms with E-state index in [1.54, 1.807) is 39.8 Å². The van der Waals surface area contributed by atoms with Gasteiger partial charge in [0, 0.05) is 50.7 Å². The number of sulfone groups is 1. The standard InChI is InChI=1S/C37H42N8O5S/c1-24(44-22-32(23-44)51(6,46)47)28-17-33(35(39-18-28)42-29-11-16-34(50-5)38-19-29)36-40-25(2)41-37(43-36)45(20-26-7-12-30(48-3)13-8-26)21-27-9-14-31(49-4)15-10-27/h7-19,24,32H,20-23H2,1-6H3,(H,39,42). The molecule has 0 bridgehead atoms. The lowest BCUT2D eigenvalue weighted by molar-refractivity contribution is 0.132. The zero-order chi connectivity index (χ0) is 36.1. The maximum absolute atomic E-state index is 12.1. The van der Waals surface area contributed by atoms with Gasteiger partial charge in [-0.2, -0.15) is 9.97 Å². The van der Waals surface area contributed by atoms with Crippen LogP contribution in [0.2, 0.25) is 0 Å². The lowest BCUT2D eigenvalue weighted by atomic mass is 10.0. The van der Waals surface area contributed by atoms with Gasteiger partial charge in [-0.1, -0.05) is 24.3 Å². The van der Waals surface area contributed by atoms with E-state index in [2.05, 4.69) is 27.0 Å². The number of nitrogens with one attached hydrogen (secondary N) is 1. The number of ether oxygens (including phenoxy) is 3. The molecule has 0 radical (unpaired) electrons. The van der Waals surface area contributed by atoms with Gasteiger partial charge in [-0.3, -0.25) is 4.90 Å². The highest BCUT2D eigenvalue weighted by molar-refractivity contribution is 7.91. The van der Waals surface area contributed by atoms with E-state index < -0.39 is 9.84 Å². The highest BCUT2D eigenvalue weighted by Gasteiger charge is 2.37. The van der Waals surface area contributed by atoms with Gasteiger partial charge in [0.25, 0.3) is 0 Å². The number of anilines is 3. The van der Waals surface area contributed by atoms with Crippen molar-refractivity contribution in [3.05, 3.63) is 102 Å². The van der Waals surface area contributed by atoms with E-state index >= 15 is 0 Å². The summed E-state index contributed by atoms with van der Waals surface area (Å²) >= 11 is 0. The smallest absolute Gasteiger partial charge is 0.229 e. The van der Waals surface area contributed by atoms with Crippen LogP contribution in [0, 0.1) is 6.92 Å². The van der Waals surface area contributed by atoms with Gasteiger partial charge in [-0.15, -0.1) is 0 Å². The third kappa shape index (κ3) is 8.52. The maximum atomic E-state index is 12.1. The van der Waals surface area contributed by atoms with Crippen LogP contribution in [0.15, 0.2) is 79.1 Å². The van der Waals surface area contributed by atoms with Crippen molar-refractivity contribution in [3.63, 3.8) is 0 Å². The maximum Gasteiger partial charge on any atom is 0.229 e. The number of benzene rings is 2. The van der Waals surface area contributed by atoms with E-state index in [4.69, 9.17) is 34.1 Å². The van der Waals surface area contributed by atoms with Gasteiger partial charge in [0.2, 0.25) is 11.8 Å². The van der Waals surface area contributed by atoms with Crippen molar-refractivity contribution in [3.8, 4) is 28.8 Å². The minimum atomic E-state index is -3.11. The highest BCUT2D eigenvalue weighted by Crippen LogP contribution is 2.34. The lowest BCUT2D eigenvalue weighted by Crippen LogP contribution is -2.54. The normalized spacial score (nSPS) is 14.0. The Hall–Kier alpha value is -5.34. The second-order valence-corrected chi connectivity index (χ2v) is 14.8. The molecule has 51 heavy (non-hydrogen) atoms. The fourth-order valence-corrected chi connectivity index (χ4v) is 6.71. The second-order valence-electron chi connectivity index (χ2n) is 12.5. The summed E-state index contributed by atoms with van der Waals surface area (Å²) in [6.45, 7) is 5.87. The Morgan fingerprint density at radius 2 is 1.47 bits per heavy atom. The van der Waals surface area contributed by atoms with Crippen LogP contribution in [-0.2, 0) is 22.9 Å². The predicted octanol–water partition coefficient (Wildman–Crippen LogP) is 5.40. The number of nitrogens with zero attached hydrogens (tertiary/aromatic N) is 7. The van der Waals surface area contributed by atoms with Crippen LogP contribution in [0.3, 0.4) is 0 Å². The molecule has 2 aromatic carbocycles. The van der Waals surface area contributed by atoms with Crippen LogP contribution in [0.5, 0.6) is 17.4 Å². The Morgan fingerprint density at radius 1 is 0.843 bits per heavy atom. The molecule has 4 heterocycles. The van der Waals surface area contributed by atoms with E-state index in [1.807, 2.05) is 67.6 Å². The third-order valence-electron chi connectivity index (χ3n) is 8.95. The number of pyridine rings is 2. The number of methoxy groups -OCH3 is 3. The summed E-state index contributed by atoms with van der Waals surface area (Å²) in [5, 5.41) is 3.01. The van der Waals surface area contributed by atoms with E-state index in [9.17, 15) is 8.42 Å². The average molecular weight is 711 g/mol. The molecule has 1 unspecified atom stereocenters. The topological polar surface area (TPSA) is 145 Å². The first-order valence-corrected chi connectivity index (χ1v) is 18.4. The molecule has 3 aromatic heterocycles. The zero-order valence-corrected chi connectivity index (χ0v) is 30.4. The molecule has 1 N–H and O–H groups in total. The number of hydrogen-bond acceptors (Lipinski definition) is 13. The molecular formula is C37H42N8O5S. The van der Waals surface area contributed by atoms with Crippen molar-refractivity contribution in [2.45, 2.75) is 38.2 Å². The van der Waals surface area contributed by atoms with Crippen molar-refractivity contribution < 1.29 is 22.6 Å². The van der Waals surface area contributed by atoms with Crippen LogP contribution in [0.4, 0.5) is 17.5 Å². The van der Waals surface area contributed by atoms with Crippen molar-refractivity contribution in [1.29, 1.82) is 0 Å². The summed E-state index contributed by atoms with van der Waals surface area (Å²) in [6, 6.07) is 21.4. The number of aryl methyl sites for hydroxylation is 1. The first kappa shape index (κ1) is 35.5. The summed E-state index contributed by atoms with van der Waals surface area (Å²) in [7, 11) is 1.75. The van der Waals surface area contributed by atoms with Crippen LogP contribution >= 0.6 is 0 Å². The first-order chi connectivity index (χ1) is 24.5. The molecule has 5 aromatic rings. The van der Waals surface area contributed by atoms with E-state index in [-0.39, 0.29) is 11.3 Å².